The molecule has 1 aromatic carbocycles. The average Bonchev–Trinajstić information content (AvgIpc) is 2.37. The molecule has 0 bridgehead atoms. The molecule has 2 N–H and O–H groups in total. The van der Waals surface area contributed by atoms with E-state index >= 15 is 0 Å². The van der Waals surface area contributed by atoms with Crippen molar-refractivity contribution in [3.8, 4) is 5.88 Å². The normalized spacial score (nSPS) is 9.95. The number of hydrogen-bond donors (Lipinski definition) is 2. The number of nitrogens with one attached hydrogen (secondary N) is 2. The summed E-state index contributed by atoms with van der Waals surface area (Å²) in [6.07, 6.45) is 0. The van der Waals surface area contributed by atoms with E-state index in [9.17, 15) is 9.18 Å². The molecule has 1 aromatic heterocycles. The average molecular weight is 296 g/mol. The summed E-state index contributed by atoms with van der Waals surface area (Å²) in [7, 11) is 1.44. The van der Waals surface area contributed by atoms with Gasteiger partial charge in [-0.3, -0.25) is 0 Å². The van der Waals surface area contributed by atoms with Gasteiger partial charge in [0, 0.05) is 11.8 Å². The number of benzene rings is 1. The molecule has 2 rings (SSSR count). The van der Waals surface area contributed by atoms with Crippen molar-refractivity contribution >= 4 is 29.0 Å². The molecule has 0 aliphatic heterocycles. The van der Waals surface area contributed by atoms with Gasteiger partial charge in [-0.05, 0) is 24.3 Å². The maximum Gasteiger partial charge on any atom is 0.323 e. The van der Waals surface area contributed by atoms with Gasteiger partial charge in [-0.2, -0.15) is 0 Å². The number of ether oxygens (including phenoxy) is 1. The molecule has 0 fully saturated rings. The van der Waals surface area contributed by atoms with Gasteiger partial charge in [0.2, 0.25) is 5.88 Å². The molecule has 0 saturated carbocycles. The largest absolute Gasteiger partial charge is 0.481 e. The van der Waals surface area contributed by atoms with Gasteiger partial charge in [0.15, 0.2) is 0 Å². The monoisotopic (exact) mass is 295 g/mol. The third kappa shape index (κ3) is 3.83. The predicted molar refractivity (Wildman–Crippen MR) is 74.8 cm³/mol. The van der Waals surface area contributed by atoms with E-state index in [0.717, 1.165) is 0 Å². The fraction of sp³-hybridized carbons (Fsp3) is 0.0769. The first-order chi connectivity index (χ1) is 9.56. The van der Waals surface area contributed by atoms with Crippen LogP contribution in [0.4, 0.5) is 20.6 Å². The third-order valence-electron chi connectivity index (χ3n) is 2.32. The van der Waals surface area contributed by atoms with Crippen LogP contribution in [0.15, 0.2) is 36.4 Å². The number of amides is 2. The molecule has 0 aliphatic rings. The number of aromatic nitrogens is 1. The van der Waals surface area contributed by atoms with Crippen LogP contribution >= 0.6 is 11.6 Å². The molecule has 0 spiro atoms. The summed E-state index contributed by atoms with van der Waals surface area (Å²) in [5.41, 5.74) is 0.755. The van der Waals surface area contributed by atoms with Gasteiger partial charge in [0.1, 0.15) is 11.0 Å². The highest BCUT2D eigenvalue weighted by molar-refractivity contribution is 6.29. The van der Waals surface area contributed by atoms with Crippen molar-refractivity contribution in [2.24, 2.45) is 0 Å². The number of rotatable bonds is 3. The number of carbonyl (C=O) groups is 1. The second kappa shape index (κ2) is 6.21. The van der Waals surface area contributed by atoms with E-state index in [0.29, 0.717) is 11.4 Å². The Hall–Kier alpha value is -2.34. The first-order valence-electron chi connectivity index (χ1n) is 5.62. The molecule has 0 radical (unpaired) electrons. The first kappa shape index (κ1) is 14.1. The van der Waals surface area contributed by atoms with Crippen molar-refractivity contribution < 1.29 is 13.9 Å². The van der Waals surface area contributed by atoms with E-state index in [-0.39, 0.29) is 11.0 Å². The van der Waals surface area contributed by atoms with E-state index in [1.807, 2.05) is 0 Å². The second-order valence-corrected chi connectivity index (χ2v) is 4.20. The van der Waals surface area contributed by atoms with Gasteiger partial charge in [-0.1, -0.05) is 17.7 Å². The molecular weight excluding hydrogens is 285 g/mol. The van der Waals surface area contributed by atoms with Gasteiger partial charge in [0.25, 0.3) is 0 Å². The molecule has 7 heteroatoms. The molecule has 1 heterocycles. The van der Waals surface area contributed by atoms with Crippen molar-refractivity contribution in [3.05, 3.63) is 47.4 Å². The lowest BCUT2D eigenvalue weighted by Crippen LogP contribution is -2.19. The number of halogens is 2. The molecule has 0 saturated heterocycles. The Morgan fingerprint density at radius 1 is 1.25 bits per heavy atom. The topological polar surface area (TPSA) is 63.2 Å². The highest BCUT2D eigenvalue weighted by Crippen LogP contribution is 2.20. The number of pyridine rings is 1. The van der Waals surface area contributed by atoms with Crippen LogP contribution in [0.5, 0.6) is 5.88 Å². The van der Waals surface area contributed by atoms with Crippen LogP contribution in [0, 0.1) is 5.82 Å². The van der Waals surface area contributed by atoms with Gasteiger partial charge in [-0.25, -0.2) is 14.2 Å². The molecule has 0 unspecified atom stereocenters. The summed E-state index contributed by atoms with van der Waals surface area (Å²) >= 11 is 5.78. The zero-order valence-electron chi connectivity index (χ0n) is 10.5. The fourth-order valence-electron chi connectivity index (χ4n) is 1.51. The lowest BCUT2D eigenvalue weighted by molar-refractivity contribution is 0.262. The number of anilines is 2. The highest BCUT2D eigenvalue weighted by atomic mass is 35.5. The zero-order valence-corrected chi connectivity index (χ0v) is 11.2. The molecule has 5 nitrogen and oxygen atoms in total. The number of nitrogens with zero attached hydrogens (tertiary/aromatic N) is 1. The number of urea groups is 1. The third-order valence-corrected chi connectivity index (χ3v) is 2.51. The summed E-state index contributed by atoms with van der Waals surface area (Å²) in [6, 6.07) is 8.02. The summed E-state index contributed by atoms with van der Waals surface area (Å²) in [4.78, 5) is 15.6. The van der Waals surface area contributed by atoms with E-state index < -0.39 is 11.8 Å². The Bertz CT molecular complexity index is 637. The molecular formula is C13H11ClFN3O2. The first-order valence-corrected chi connectivity index (χ1v) is 6.00. The zero-order chi connectivity index (χ0) is 14.5. The van der Waals surface area contributed by atoms with Crippen LogP contribution in [0.3, 0.4) is 0 Å². The minimum atomic E-state index is -0.528. The summed E-state index contributed by atoms with van der Waals surface area (Å²) in [6.45, 7) is 0. The summed E-state index contributed by atoms with van der Waals surface area (Å²) in [5.74, 6) is -0.157. The van der Waals surface area contributed by atoms with Gasteiger partial charge in [0.05, 0.1) is 12.8 Å². The quantitative estimate of drug-likeness (QED) is 0.852. The Kier molecular flexibility index (Phi) is 4.37. The van der Waals surface area contributed by atoms with Gasteiger partial charge >= 0.3 is 6.03 Å². The molecule has 104 valence electrons. The summed E-state index contributed by atoms with van der Waals surface area (Å²) < 4.78 is 17.9. The Morgan fingerprint density at radius 2 is 2.00 bits per heavy atom. The molecule has 2 aromatic rings. The van der Waals surface area contributed by atoms with Crippen LogP contribution < -0.4 is 15.4 Å². The van der Waals surface area contributed by atoms with Crippen LogP contribution in [0.1, 0.15) is 0 Å². The summed E-state index contributed by atoms with van der Waals surface area (Å²) in [5, 5.41) is 5.23. The van der Waals surface area contributed by atoms with Crippen LogP contribution in [-0.2, 0) is 0 Å². The van der Waals surface area contributed by atoms with Crippen LogP contribution in [0.25, 0.3) is 0 Å². The number of carbonyl (C=O) groups excluding carboxylic acids is 1. The SMILES string of the molecule is COc1cc(NC(=O)Nc2cccc(F)c2)cc(Cl)n1. The van der Waals surface area contributed by atoms with E-state index in [1.54, 1.807) is 6.07 Å². The van der Waals surface area contributed by atoms with Crippen molar-refractivity contribution in [1.29, 1.82) is 0 Å². The lowest BCUT2D eigenvalue weighted by atomic mass is 10.3. The van der Waals surface area contributed by atoms with Crippen LogP contribution in [0.2, 0.25) is 5.15 Å². The predicted octanol–water partition coefficient (Wildman–Crippen LogP) is 3.53. The highest BCUT2D eigenvalue weighted by Gasteiger charge is 2.06. The minimum absolute atomic E-state index is 0.186. The number of hydrogen-bond acceptors (Lipinski definition) is 3. The fourth-order valence-corrected chi connectivity index (χ4v) is 1.71. The maximum absolute atomic E-state index is 13.0. The Labute approximate surface area is 119 Å². The van der Waals surface area contributed by atoms with Crippen molar-refractivity contribution in [3.63, 3.8) is 0 Å². The standard InChI is InChI=1S/C13H11ClFN3O2/c1-20-12-7-10(6-11(14)18-12)17-13(19)16-9-4-2-3-8(15)5-9/h2-7H,1H3,(H2,16,17,18,19). The molecule has 20 heavy (non-hydrogen) atoms. The van der Waals surface area contributed by atoms with Crippen molar-refractivity contribution in [2.75, 3.05) is 17.7 Å². The van der Waals surface area contributed by atoms with E-state index in [1.165, 1.54) is 37.4 Å². The van der Waals surface area contributed by atoms with Crippen molar-refractivity contribution in [1.82, 2.24) is 4.98 Å². The molecule has 2 amide bonds. The number of methoxy groups -OCH3 is 1. The molecule has 0 aliphatic carbocycles. The molecule has 0 atom stereocenters. The smallest absolute Gasteiger partial charge is 0.323 e. The maximum atomic E-state index is 13.0. The lowest BCUT2D eigenvalue weighted by Gasteiger charge is -2.09. The van der Waals surface area contributed by atoms with Crippen LogP contribution in [-0.4, -0.2) is 18.1 Å². The second-order valence-electron chi connectivity index (χ2n) is 3.81. The van der Waals surface area contributed by atoms with Gasteiger partial charge in [-0.15, -0.1) is 0 Å². The minimum Gasteiger partial charge on any atom is -0.481 e. The van der Waals surface area contributed by atoms with Gasteiger partial charge < -0.3 is 15.4 Å². The van der Waals surface area contributed by atoms with Crippen molar-refractivity contribution in [2.45, 2.75) is 0 Å². The Morgan fingerprint density at radius 3 is 2.70 bits per heavy atom. The van der Waals surface area contributed by atoms with E-state index in [2.05, 4.69) is 15.6 Å². The Balaban J connectivity index is 2.06. The van der Waals surface area contributed by atoms with E-state index in [4.69, 9.17) is 16.3 Å².